The normalized spacial score (nSPS) is 18.1. The first-order chi connectivity index (χ1) is 12.6. The summed E-state index contributed by atoms with van der Waals surface area (Å²) in [4.78, 5) is 18.8. The van der Waals surface area contributed by atoms with Crippen LogP contribution in [0.15, 0.2) is 39.9 Å². The van der Waals surface area contributed by atoms with Crippen molar-refractivity contribution in [3.63, 3.8) is 0 Å². The number of thioether (sulfide) groups is 1. The lowest BCUT2D eigenvalue weighted by atomic mass is 10.1. The predicted octanol–water partition coefficient (Wildman–Crippen LogP) is 3.95. The lowest BCUT2D eigenvalue weighted by Crippen LogP contribution is -2.35. The lowest BCUT2D eigenvalue weighted by Gasteiger charge is -2.21. The molecule has 0 spiro atoms. The molecule has 2 heterocycles. The number of amides is 1. The maximum Gasteiger partial charge on any atom is 0.283 e. The van der Waals surface area contributed by atoms with Crippen molar-refractivity contribution in [2.75, 3.05) is 18.0 Å². The van der Waals surface area contributed by atoms with Crippen molar-refractivity contribution in [1.29, 1.82) is 5.41 Å². The van der Waals surface area contributed by atoms with E-state index in [1.54, 1.807) is 6.08 Å². The third-order valence-corrected chi connectivity index (χ3v) is 5.26. The molecular weight excluding hydrogens is 346 g/mol. The molecule has 1 N–H and O–H groups in total. The first kappa shape index (κ1) is 18.4. The van der Waals surface area contributed by atoms with Gasteiger partial charge in [0.2, 0.25) is 5.17 Å². The number of hydrazone groups is 1. The number of amidine groups is 2. The Morgan fingerprint density at radius 1 is 1.19 bits per heavy atom. The number of anilines is 1. The maximum absolute atomic E-state index is 12.4. The maximum atomic E-state index is 12.4. The van der Waals surface area contributed by atoms with Gasteiger partial charge in [-0.3, -0.25) is 10.2 Å². The third-order valence-electron chi connectivity index (χ3n) is 4.29. The molecule has 0 fully saturated rings. The topological polar surface area (TPSA) is 72.1 Å². The molecule has 0 aromatic heterocycles. The van der Waals surface area contributed by atoms with Gasteiger partial charge in [0.05, 0.1) is 5.57 Å². The van der Waals surface area contributed by atoms with E-state index in [1.165, 1.54) is 16.8 Å². The standard InChI is InChI=1S/C19H23N5OS/c1-4-7-16-22-24-17(20)15(18(25)21-19(24)26-16)12-13-8-10-14(11-9-13)23(5-2)6-3/h8-12,20H,4-7H2,1-3H3/b15-12-,20-17?. The molecule has 0 saturated carbocycles. The van der Waals surface area contributed by atoms with Gasteiger partial charge in [-0.15, -0.1) is 0 Å². The number of carbonyl (C=O) groups is 1. The highest BCUT2D eigenvalue weighted by Crippen LogP contribution is 2.29. The minimum Gasteiger partial charge on any atom is -0.372 e. The van der Waals surface area contributed by atoms with Gasteiger partial charge in [0, 0.05) is 18.8 Å². The van der Waals surface area contributed by atoms with Crippen LogP contribution in [0.4, 0.5) is 5.69 Å². The number of carbonyl (C=O) groups excluding carboxylic acids is 1. The number of aliphatic imine (C=N–C) groups is 1. The van der Waals surface area contributed by atoms with Crippen LogP contribution in [0.5, 0.6) is 0 Å². The Hall–Kier alpha value is -2.41. The van der Waals surface area contributed by atoms with Crippen LogP contribution in [-0.2, 0) is 4.79 Å². The number of nitrogens with zero attached hydrogens (tertiary/aromatic N) is 4. The molecule has 0 bridgehead atoms. The van der Waals surface area contributed by atoms with Gasteiger partial charge in [-0.1, -0.05) is 19.1 Å². The number of rotatable bonds is 6. The molecule has 0 unspecified atom stereocenters. The first-order valence-electron chi connectivity index (χ1n) is 8.91. The average Bonchev–Trinajstić information content (AvgIpc) is 3.04. The smallest absolute Gasteiger partial charge is 0.283 e. The van der Waals surface area contributed by atoms with Crippen LogP contribution in [0, 0.1) is 5.41 Å². The Labute approximate surface area is 158 Å². The second kappa shape index (κ2) is 7.86. The monoisotopic (exact) mass is 369 g/mol. The second-order valence-electron chi connectivity index (χ2n) is 6.03. The zero-order valence-corrected chi connectivity index (χ0v) is 16.1. The van der Waals surface area contributed by atoms with Gasteiger partial charge in [-0.2, -0.15) is 15.1 Å². The molecule has 136 valence electrons. The van der Waals surface area contributed by atoms with E-state index in [0.29, 0.717) is 5.17 Å². The van der Waals surface area contributed by atoms with Gasteiger partial charge in [-0.05, 0) is 62.2 Å². The van der Waals surface area contributed by atoms with Crippen LogP contribution in [0.25, 0.3) is 6.08 Å². The summed E-state index contributed by atoms with van der Waals surface area (Å²) in [5, 5.41) is 15.6. The van der Waals surface area contributed by atoms with Crippen LogP contribution >= 0.6 is 11.8 Å². The van der Waals surface area contributed by atoms with Crippen LogP contribution in [-0.4, -0.2) is 40.1 Å². The van der Waals surface area contributed by atoms with Gasteiger partial charge < -0.3 is 4.90 Å². The van der Waals surface area contributed by atoms with Crippen LogP contribution in [0.2, 0.25) is 0 Å². The van der Waals surface area contributed by atoms with Crippen molar-refractivity contribution in [2.45, 2.75) is 33.6 Å². The Kier molecular flexibility index (Phi) is 5.56. The Bertz CT molecular complexity index is 806. The third kappa shape index (κ3) is 3.58. The number of nitrogens with one attached hydrogen (secondary N) is 1. The van der Waals surface area contributed by atoms with Crippen LogP contribution in [0.3, 0.4) is 0 Å². The average molecular weight is 369 g/mol. The SMILES string of the molecule is CCCC1=NN2C(=N)/C(=C/c3ccc(N(CC)CC)cc3)C(=O)N=C2S1. The summed E-state index contributed by atoms with van der Waals surface area (Å²) < 4.78 is 0. The van der Waals surface area contributed by atoms with Gasteiger partial charge in [-0.25, -0.2) is 0 Å². The van der Waals surface area contributed by atoms with E-state index in [0.717, 1.165) is 42.2 Å². The Morgan fingerprint density at radius 2 is 1.88 bits per heavy atom. The quantitative estimate of drug-likeness (QED) is 0.771. The van der Waals surface area contributed by atoms with E-state index >= 15 is 0 Å². The highest BCUT2D eigenvalue weighted by Gasteiger charge is 2.35. The van der Waals surface area contributed by atoms with Crippen molar-refractivity contribution in [3.8, 4) is 0 Å². The second-order valence-corrected chi connectivity index (χ2v) is 7.07. The molecule has 1 amide bonds. The van der Waals surface area contributed by atoms with Crippen molar-refractivity contribution in [1.82, 2.24) is 5.01 Å². The highest BCUT2D eigenvalue weighted by molar-refractivity contribution is 8.26. The Morgan fingerprint density at radius 3 is 2.50 bits per heavy atom. The molecule has 3 rings (SSSR count). The Balaban J connectivity index is 1.85. The molecule has 26 heavy (non-hydrogen) atoms. The minimum absolute atomic E-state index is 0.0893. The summed E-state index contributed by atoms with van der Waals surface area (Å²) >= 11 is 1.38. The van der Waals surface area contributed by atoms with Crippen molar-refractivity contribution >= 4 is 45.5 Å². The number of benzene rings is 1. The predicted molar refractivity (Wildman–Crippen MR) is 110 cm³/mol. The number of hydrogen-bond donors (Lipinski definition) is 1. The summed E-state index contributed by atoms with van der Waals surface area (Å²) in [6.07, 6.45) is 3.51. The number of fused-ring (bicyclic) bond motifs is 1. The summed E-state index contributed by atoms with van der Waals surface area (Å²) in [5.74, 6) is -0.291. The first-order valence-corrected chi connectivity index (χ1v) is 9.73. The highest BCUT2D eigenvalue weighted by atomic mass is 32.2. The van der Waals surface area contributed by atoms with Crippen LogP contribution in [0.1, 0.15) is 39.2 Å². The molecule has 0 aliphatic carbocycles. The minimum atomic E-state index is -0.380. The summed E-state index contributed by atoms with van der Waals surface area (Å²) in [6.45, 7) is 8.22. The van der Waals surface area contributed by atoms with Gasteiger partial charge >= 0.3 is 0 Å². The van der Waals surface area contributed by atoms with E-state index < -0.39 is 0 Å². The molecule has 0 saturated heterocycles. The van der Waals surface area contributed by atoms with Gasteiger partial charge in [0.15, 0.2) is 5.84 Å². The molecule has 0 radical (unpaired) electrons. The van der Waals surface area contributed by atoms with Crippen molar-refractivity contribution in [3.05, 3.63) is 35.4 Å². The van der Waals surface area contributed by atoms with Gasteiger partial charge in [0.25, 0.3) is 5.91 Å². The zero-order chi connectivity index (χ0) is 18.7. The molecule has 2 aliphatic heterocycles. The molecule has 1 aromatic rings. The van der Waals surface area contributed by atoms with E-state index in [-0.39, 0.29) is 17.3 Å². The van der Waals surface area contributed by atoms with E-state index in [1.807, 2.05) is 24.3 Å². The molecular formula is C19H23N5OS. The summed E-state index contributed by atoms with van der Waals surface area (Å²) in [5.41, 5.74) is 2.29. The van der Waals surface area contributed by atoms with Crippen molar-refractivity contribution < 1.29 is 4.79 Å². The molecule has 2 aliphatic rings. The van der Waals surface area contributed by atoms with E-state index in [9.17, 15) is 4.79 Å². The van der Waals surface area contributed by atoms with Gasteiger partial charge in [0.1, 0.15) is 5.04 Å². The molecule has 0 atom stereocenters. The van der Waals surface area contributed by atoms with E-state index in [2.05, 4.69) is 35.8 Å². The fraction of sp³-hybridized carbons (Fsp3) is 0.368. The zero-order valence-electron chi connectivity index (χ0n) is 15.3. The molecule has 1 aromatic carbocycles. The largest absolute Gasteiger partial charge is 0.372 e. The summed E-state index contributed by atoms with van der Waals surface area (Å²) in [6, 6.07) is 8.00. The summed E-state index contributed by atoms with van der Waals surface area (Å²) in [7, 11) is 0. The number of hydrogen-bond acceptors (Lipinski definition) is 5. The fourth-order valence-corrected chi connectivity index (χ4v) is 3.87. The fourth-order valence-electron chi connectivity index (χ4n) is 2.88. The molecule has 6 nitrogen and oxygen atoms in total. The molecule has 7 heteroatoms. The van der Waals surface area contributed by atoms with E-state index in [4.69, 9.17) is 5.41 Å². The van der Waals surface area contributed by atoms with Crippen molar-refractivity contribution in [2.24, 2.45) is 10.1 Å². The van der Waals surface area contributed by atoms with Crippen LogP contribution < -0.4 is 4.90 Å². The lowest BCUT2D eigenvalue weighted by molar-refractivity contribution is -0.114.